The van der Waals surface area contributed by atoms with Gasteiger partial charge in [-0.3, -0.25) is 4.98 Å². The van der Waals surface area contributed by atoms with Crippen LogP contribution >= 0.6 is 0 Å². The first kappa shape index (κ1) is 15.2. The molecule has 112 valence electrons. The largest absolute Gasteiger partial charge is 0.355 e. The molecule has 0 aliphatic heterocycles. The highest BCUT2D eigenvalue weighted by Gasteiger charge is 2.24. The standard InChI is InChI=1S/C16H28N4/c1-4-7-20(12-14-5-6-14)16-11-18-15(10-19-16)9-17-8-13(2)3/h10-11,13-14,17H,4-9,12H2,1-3H3. The van der Waals surface area contributed by atoms with Gasteiger partial charge in [0, 0.05) is 19.6 Å². The number of hydrogen-bond donors (Lipinski definition) is 1. The van der Waals surface area contributed by atoms with Crippen LogP contribution in [0.4, 0.5) is 5.82 Å². The molecule has 4 nitrogen and oxygen atoms in total. The van der Waals surface area contributed by atoms with Gasteiger partial charge in [0.1, 0.15) is 5.82 Å². The molecule has 0 radical (unpaired) electrons. The minimum absolute atomic E-state index is 0.667. The van der Waals surface area contributed by atoms with Crippen LogP contribution in [-0.4, -0.2) is 29.6 Å². The van der Waals surface area contributed by atoms with E-state index in [1.54, 1.807) is 0 Å². The second-order valence-electron chi connectivity index (χ2n) is 6.28. The molecule has 1 aromatic heterocycles. The monoisotopic (exact) mass is 276 g/mol. The van der Waals surface area contributed by atoms with Gasteiger partial charge in [-0.15, -0.1) is 0 Å². The van der Waals surface area contributed by atoms with E-state index >= 15 is 0 Å². The molecule has 1 aromatic rings. The zero-order chi connectivity index (χ0) is 14.4. The van der Waals surface area contributed by atoms with Crippen LogP contribution in [0.5, 0.6) is 0 Å². The molecule has 4 heteroatoms. The van der Waals surface area contributed by atoms with E-state index in [9.17, 15) is 0 Å². The van der Waals surface area contributed by atoms with Gasteiger partial charge in [0.15, 0.2) is 0 Å². The minimum atomic E-state index is 0.667. The molecule has 0 spiro atoms. The van der Waals surface area contributed by atoms with E-state index in [-0.39, 0.29) is 0 Å². The molecule has 0 atom stereocenters. The average Bonchev–Trinajstić information content (AvgIpc) is 3.23. The van der Waals surface area contributed by atoms with E-state index in [1.165, 1.54) is 12.8 Å². The molecule has 2 rings (SSSR count). The summed E-state index contributed by atoms with van der Waals surface area (Å²) >= 11 is 0. The maximum Gasteiger partial charge on any atom is 0.147 e. The number of nitrogens with zero attached hydrogens (tertiary/aromatic N) is 3. The van der Waals surface area contributed by atoms with Crippen molar-refractivity contribution in [2.24, 2.45) is 11.8 Å². The van der Waals surface area contributed by atoms with Crippen molar-refractivity contribution in [2.45, 2.75) is 46.6 Å². The van der Waals surface area contributed by atoms with E-state index in [0.29, 0.717) is 5.92 Å². The highest BCUT2D eigenvalue weighted by molar-refractivity contribution is 5.36. The number of nitrogens with one attached hydrogen (secondary N) is 1. The van der Waals surface area contributed by atoms with E-state index < -0.39 is 0 Å². The SMILES string of the molecule is CCCN(CC1CC1)c1cnc(CNCC(C)C)cn1. The Labute approximate surface area is 123 Å². The van der Waals surface area contributed by atoms with Gasteiger partial charge in [-0.2, -0.15) is 0 Å². The number of aromatic nitrogens is 2. The zero-order valence-electron chi connectivity index (χ0n) is 13.1. The summed E-state index contributed by atoms with van der Waals surface area (Å²) in [7, 11) is 0. The average molecular weight is 276 g/mol. The van der Waals surface area contributed by atoms with E-state index in [2.05, 4.69) is 41.0 Å². The van der Waals surface area contributed by atoms with Gasteiger partial charge < -0.3 is 10.2 Å². The Morgan fingerprint density at radius 3 is 2.65 bits per heavy atom. The molecule has 0 saturated heterocycles. The van der Waals surface area contributed by atoms with Crippen LogP contribution in [0.15, 0.2) is 12.4 Å². The van der Waals surface area contributed by atoms with Crippen LogP contribution in [0, 0.1) is 11.8 Å². The van der Waals surface area contributed by atoms with Gasteiger partial charge in [-0.1, -0.05) is 20.8 Å². The smallest absolute Gasteiger partial charge is 0.147 e. The minimum Gasteiger partial charge on any atom is -0.355 e. The third-order valence-corrected chi connectivity index (χ3v) is 3.54. The summed E-state index contributed by atoms with van der Waals surface area (Å²) in [4.78, 5) is 11.5. The molecule has 1 N–H and O–H groups in total. The second-order valence-corrected chi connectivity index (χ2v) is 6.28. The third-order valence-electron chi connectivity index (χ3n) is 3.54. The lowest BCUT2D eigenvalue weighted by atomic mass is 10.2. The van der Waals surface area contributed by atoms with Crippen molar-refractivity contribution in [3.63, 3.8) is 0 Å². The molecule has 1 aliphatic rings. The van der Waals surface area contributed by atoms with Crippen LogP contribution in [0.3, 0.4) is 0 Å². The normalized spacial score (nSPS) is 14.8. The third kappa shape index (κ3) is 5.08. The van der Waals surface area contributed by atoms with Crippen LogP contribution in [0.2, 0.25) is 0 Å². The van der Waals surface area contributed by atoms with E-state index in [0.717, 1.165) is 50.0 Å². The van der Waals surface area contributed by atoms with Gasteiger partial charge in [-0.05, 0) is 37.6 Å². The summed E-state index contributed by atoms with van der Waals surface area (Å²) in [6.07, 6.45) is 7.77. The lowest BCUT2D eigenvalue weighted by Crippen LogP contribution is -2.27. The van der Waals surface area contributed by atoms with Crippen molar-refractivity contribution in [3.05, 3.63) is 18.1 Å². The van der Waals surface area contributed by atoms with Crippen LogP contribution in [0.1, 0.15) is 45.7 Å². The van der Waals surface area contributed by atoms with Gasteiger partial charge in [0.2, 0.25) is 0 Å². The van der Waals surface area contributed by atoms with Gasteiger partial charge in [0.05, 0.1) is 18.1 Å². The Hall–Kier alpha value is -1.16. The topological polar surface area (TPSA) is 41.1 Å². The summed E-state index contributed by atoms with van der Waals surface area (Å²) in [5.41, 5.74) is 1.03. The zero-order valence-corrected chi connectivity index (χ0v) is 13.1. The molecular formula is C16H28N4. The first-order valence-electron chi connectivity index (χ1n) is 7.95. The highest BCUT2D eigenvalue weighted by atomic mass is 15.2. The van der Waals surface area contributed by atoms with Crippen molar-refractivity contribution in [3.8, 4) is 0 Å². The molecule has 1 aliphatic carbocycles. The Morgan fingerprint density at radius 1 is 1.30 bits per heavy atom. The van der Waals surface area contributed by atoms with Crippen molar-refractivity contribution in [1.29, 1.82) is 0 Å². The summed E-state index contributed by atoms with van der Waals surface area (Å²) in [6, 6.07) is 0. The molecule has 0 bridgehead atoms. The van der Waals surface area contributed by atoms with Crippen LogP contribution < -0.4 is 10.2 Å². The van der Waals surface area contributed by atoms with Crippen LogP contribution in [0.25, 0.3) is 0 Å². The number of hydrogen-bond acceptors (Lipinski definition) is 4. The van der Waals surface area contributed by atoms with Crippen molar-refractivity contribution in [1.82, 2.24) is 15.3 Å². The predicted molar refractivity (Wildman–Crippen MR) is 83.8 cm³/mol. The van der Waals surface area contributed by atoms with Crippen molar-refractivity contribution < 1.29 is 0 Å². The molecule has 1 saturated carbocycles. The first-order valence-corrected chi connectivity index (χ1v) is 7.95. The Bertz CT molecular complexity index is 384. The first-order chi connectivity index (χ1) is 9.69. The Balaban J connectivity index is 1.87. The quantitative estimate of drug-likeness (QED) is 0.753. The Kier molecular flexibility index (Phi) is 5.77. The fourth-order valence-corrected chi connectivity index (χ4v) is 2.27. The lowest BCUT2D eigenvalue weighted by molar-refractivity contribution is 0.547. The summed E-state index contributed by atoms with van der Waals surface area (Å²) in [5, 5.41) is 3.40. The summed E-state index contributed by atoms with van der Waals surface area (Å²) in [5.74, 6) is 2.59. The number of anilines is 1. The molecular weight excluding hydrogens is 248 g/mol. The fraction of sp³-hybridized carbons (Fsp3) is 0.750. The summed E-state index contributed by atoms with van der Waals surface area (Å²) in [6.45, 7) is 10.7. The maximum absolute atomic E-state index is 4.60. The molecule has 0 unspecified atom stereocenters. The highest BCUT2D eigenvalue weighted by Crippen LogP contribution is 2.30. The van der Waals surface area contributed by atoms with E-state index in [1.807, 2.05) is 12.4 Å². The maximum atomic E-state index is 4.60. The fourth-order valence-electron chi connectivity index (χ4n) is 2.27. The van der Waals surface area contributed by atoms with Crippen molar-refractivity contribution in [2.75, 3.05) is 24.5 Å². The second kappa shape index (κ2) is 7.58. The van der Waals surface area contributed by atoms with Gasteiger partial charge >= 0.3 is 0 Å². The lowest BCUT2D eigenvalue weighted by Gasteiger charge is -2.22. The van der Waals surface area contributed by atoms with Gasteiger partial charge in [0.25, 0.3) is 0 Å². The number of rotatable bonds is 9. The molecule has 0 aromatic carbocycles. The van der Waals surface area contributed by atoms with Crippen molar-refractivity contribution >= 4 is 5.82 Å². The molecule has 1 fully saturated rings. The molecule has 20 heavy (non-hydrogen) atoms. The summed E-state index contributed by atoms with van der Waals surface area (Å²) < 4.78 is 0. The van der Waals surface area contributed by atoms with Gasteiger partial charge in [-0.25, -0.2) is 4.98 Å². The molecule has 1 heterocycles. The van der Waals surface area contributed by atoms with Crippen LogP contribution in [-0.2, 0) is 6.54 Å². The Morgan fingerprint density at radius 2 is 2.10 bits per heavy atom. The predicted octanol–water partition coefficient (Wildman–Crippen LogP) is 2.85. The molecule has 0 amide bonds. The van der Waals surface area contributed by atoms with E-state index in [4.69, 9.17) is 0 Å².